The molecule has 0 bridgehead atoms. The number of amides is 1. The summed E-state index contributed by atoms with van der Waals surface area (Å²) in [7, 11) is 0. The van der Waals surface area contributed by atoms with Crippen LogP contribution in [0.3, 0.4) is 0 Å². The maximum absolute atomic E-state index is 13.6. The number of para-hydroxylation sites is 1. The van der Waals surface area contributed by atoms with Crippen LogP contribution in [-0.4, -0.2) is 29.6 Å². The third-order valence-corrected chi connectivity index (χ3v) is 5.21. The van der Waals surface area contributed by atoms with Crippen LogP contribution in [0.25, 0.3) is 0 Å². The van der Waals surface area contributed by atoms with Gasteiger partial charge in [-0.2, -0.15) is 11.8 Å². The van der Waals surface area contributed by atoms with Crippen molar-refractivity contribution in [1.29, 1.82) is 0 Å². The summed E-state index contributed by atoms with van der Waals surface area (Å²) in [5.41, 5.74) is 0. The van der Waals surface area contributed by atoms with Gasteiger partial charge in [-0.3, -0.25) is 4.79 Å². The fourth-order valence-electron chi connectivity index (χ4n) is 2.58. The van der Waals surface area contributed by atoms with Gasteiger partial charge in [-0.25, -0.2) is 4.39 Å². The SMILES string of the molecule is CC[C@H](Oc1ccccc1F)C(=O)NCCSC1CCCC1. The third-order valence-electron chi connectivity index (χ3n) is 3.83. The van der Waals surface area contributed by atoms with Gasteiger partial charge in [0, 0.05) is 17.5 Å². The van der Waals surface area contributed by atoms with E-state index in [4.69, 9.17) is 4.74 Å². The van der Waals surface area contributed by atoms with Crippen molar-refractivity contribution in [2.45, 2.75) is 50.4 Å². The minimum atomic E-state index is -0.645. The molecule has 0 aromatic heterocycles. The number of carbonyl (C=O) groups is 1. The first-order chi connectivity index (χ1) is 10.7. The van der Waals surface area contributed by atoms with Crippen molar-refractivity contribution in [3.8, 4) is 5.75 Å². The number of nitrogens with one attached hydrogen (secondary N) is 1. The van der Waals surface area contributed by atoms with Gasteiger partial charge >= 0.3 is 0 Å². The summed E-state index contributed by atoms with van der Waals surface area (Å²) in [6, 6.07) is 6.17. The quantitative estimate of drug-likeness (QED) is 0.739. The molecule has 2 rings (SSSR count). The van der Waals surface area contributed by atoms with Crippen LogP contribution in [0.15, 0.2) is 24.3 Å². The highest BCUT2D eigenvalue weighted by molar-refractivity contribution is 7.99. The van der Waals surface area contributed by atoms with Gasteiger partial charge < -0.3 is 10.1 Å². The molecule has 3 nitrogen and oxygen atoms in total. The number of carbonyl (C=O) groups excluding carboxylic acids is 1. The van der Waals surface area contributed by atoms with Gasteiger partial charge in [-0.15, -0.1) is 0 Å². The summed E-state index contributed by atoms with van der Waals surface area (Å²) in [6.07, 6.45) is 5.12. The topological polar surface area (TPSA) is 38.3 Å². The van der Waals surface area contributed by atoms with E-state index < -0.39 is 11.9 Å². The van der Waals surface area contributed by atoms with Crippen molar-refractivity contribution < 1.29 is 13.9 Å². The van der Waals surface area contributed by atoms with Crippen LogP contribution in [0.2, 0.25) is 0 Å². The van der Waals surface area contributed by atoms with Crippen LogP contribution in [-0.2, 0) is 4.79 Å². The molecule has 122 valence electrons. The summed E-state index contributed by atoms with van der Waals surface area (Å²) in [4.78, 5) is 12.1. The molecule has 0 unspecified atom stereocenters. The van der Waals surface area contributed by atoms with E-state index in [1.54, 1.807) is 18.2 Å². The predicted octanol–water partition coefficient (Wildman–Crippen LogP) is 3.78. The van der Waals surface area contributed by atoms with Gasteiger partial charge in [-0.05, 0) is 31.4 Å². The van der Waals surface area contributed by atoms with Crippen LogP contribution in [0.1, 0.15) is 39.0 Å². The van der Waals surface area contributed by atoms with E-state index >= 15 is 0 Å². The number of rotatable bonds is 8. The lowest BCUT2D eigenvalue weighted by Crippen LogP contribution is -2.39. The van der Waals surface area contributed by atoms with Gasteiger partial charge in [0.15, 0.2) is 17.7 Å². The first-order valence-electron chi connectivity index (χ1n) is 8.01. The standard InChI is InChI=1S/C17H24FNO2S/c1-2-15(21-16-10-6-5-9-14(16)18)17(20)19-11-12-22-13-7-3-4-8-13/h5-6,9-10,13,15H,2-4,7-8,11-12H2,1H3,(H,19,20)/t15-/m0/s1. The zero-order valence-corrected chi connectivity index (χ0v) is 13.8. The Balaban J connectivity index is 1.73. The van der Waals surface area contributed by atoms with Crippen molar-refractivity contribution >= 4 is 17.7 Å². The summed E-state index contributed by atoms with van der Waals surface area (Å²) in [6.45, 7) is 2.50. The largest absolute Gasteiger partial charge is 0.478 e. The Labute approximate surface area is 136 Å². The van der Waals surface area contributed by atoms with E-state index in [0.29, 0.717) is 13.0 Å². The maximum Gasteiger partial charge on any atom is 0.261 e. The van der Waals surface area contributed by atoms with Crippen molar-refractivity contribution in [2.75, 3.05) is 12.3 Å². The number of thioether (sulfide) groups is 1. The number of hydrogen-bond donors (Lipinski definition) is 1. The van der Waals surface area contributed by atoms with E-state index in [1.165, 1.54) is 31.7 Å². The van der Waals surface area contributed by atoms with Crippen molar-refractivity contribution in [3.63, 3.8) is 0 Å². The first kappa shape index (κ1) is 17.1. The summed E-state index contributed by atoms with van der Waals surface area (Å²) in [5.74, 6) is 0.445. The zero-order chi connectivity index (χ0) is 15.8. The van der Waals surface area contributed by atoms with Crippen LogP contribution < -0.4 is 10.1 Å². The van der Waals surface area contributed by atoms with Gasteiger partial charge in [0.1, 0.15) is 0 Å². The lowest BCUT2D eigenvalue weighted by atomic mass is 10.2. The molecule has 1 aliphatic rings. The first-order valence-corrected chi connectivity index (χ1v) is 9.06. The third kappa shape index (κ3) is 5.20. The Morgan fingerprint density at radius 2 is 2.14 bits per heavy atom. The fourth-order valence-corrected chi connectivity index (χ4v) is 3.80. The normalized spacial score (nSPS) is 16.5. The summed E-state index contributed by atoms with van der Waals surface area (Å²) >= 11 is 1.94. The molecule has 1 aromatic carbocycles. The number of ether oxygens (including phenoxy) is 1. The molecule has 1 N–H and O–H groups in total. The molecule has 0 spiro atoms. The van der Waals surface area contributed by atoms with Crippen LogP contribution in [0.4, 0.5) is 4.39 Å². The Kier molecular flexibility index (Phi) is 7.03. The molecule has 1 amide bonds. The monoisotopic (exact) mass is 325 g/mol. The van der Waals surface area contributed by atoms with E-state index in [9.17, 15) is 9.18 Å². The minimum absolute atomic E-state index is 0.129. The van der Waals surface area contributed by atoms with Gasteiger partial charge in [0.25, 0.3) is 5.91 Å². The molecular weight excluding hydrogens is 301 g/mol. The fraction of sp³-hybridized carbons (Fsp3) is 0.588. The summed E-state index contributed by atoms with van der Waals surface area (Å²) < 4.78 is 19.1. The van der Waals surface area contributed by atoms with E-state index in [1.807, 2.05) is 18.7 Å². The van der Waals surface area contributed by atoms with Crippen molar-refractivity contribution in [3.05, 3.63) is 30.1 Å². The second-order valence-electron chi connectivity index (χ2n) is 5.51. The van der Waals surface area contributed by atoms with Gasteiger partial charge in [0.05, 0.1) is 0 Å². The lowest BCUT2D eigenvalue weighted by Gasteiger charge is -2.18. The molecule has 0 radical (unpaired) electrons. The lowest BCUT2D eigenvalue weighted by molar-refractivity contribution is -0.128. The van der Waals surface area contributed by atoms with Gasteiger partial charge in [0.2, 0.25) is 0 Å². The van der Waals surface area contributed by atoms with Gasteiger partial charge in [-0.1, -0.05) is 31.9 Å². The molecule has 0 heterocycles. The van der Waals surface area contributed by atoms with Crippen LogP contribution in [0, 0.1) is 5.82 Å². The molecule has 1 atom stereocenters. The highest BCUT2D eigenvalue weighted by Gasteiger charge is 2.20. The molecule has 1 aliphatic carbocycles. The molecule has 22 heavy (non-hydrogen) atoms. The average Bonchev–Trinajstić information content (AvgIpc) is 3.04. The molecule has 0 aliphatic heterocycles. The maximum atomic E-state index is 13.6. The van der Waals surface area contributed by atoms with E-state index in [-0.39, 0.29) is 11.7 Å². The molecule has 1 saturated carbocycles. The molecule has 1 aromatic rings. The number of hydrogen-bond acceptors (Lipinski definition) is 3. The molecular formula is C17H24FNO2S. The smallest absolute Gasteiger partial charge is 0.261 e. The van der Waals surface area contributed by atoms with Crippen LogP contribution in [0.5, 0.6) is 5.75 Å². The zero-order valence-electron chi connectivity index (χ0n) is 13.0. The highest BCUT2D eigenvalue weighted by atomic mass is 32.2. The van der Waals surface area contributed by atoms with E-state index in [0.717, 1.165) is 11.0 Å². The van der Waals surface area contributed by atoms with Crippen molar-refractivity contribution in [2.24, 2.45) is 0 Å². The average molecular weight is 325 g/mol. The second-order valence-corrected chi connectivity index (χ2v) is 6.92. The Morgan fingerprint density at radius 3 is 2.82 bits per heavy atom. The van der Waals surface area contributed by atoms with Crippen LogP contribution >= 0.6 is 11.8 Å². The minimum Gasteiger partial charge on any atom is -0.478 e. The number of benzene rings is 1. The Bertz CT molecular complexity index is 477. The molecule has 5 heteroatoms. The number of halogens is 1. The summed E-state index contributed by atoms with van der Waals surface area (Å²) in [5, 5.41) is 3.65. The van der Waals surface area contributed by atoms with E-state index in [2.05, 4.69) is 5.32 Å². The second kappa shape index (κ2) is 9.03. The molecule has 0 saturated heterocycles. The predicted molar refractivity (Wildman–Crippen MR) is 88.8 cm³/mol. The highest BCUT2D eigenvalue weighted by Crippen LogP contribution is 2.28. The van der Waals surface area contributed by atoms with Crippen molar-refractivity contribution in [1.82, 2.24) is 5.32 Å². The Morgan fingerprint density at radius 1 is 1.41 bits per heavy atom. The Hall–Kier alpha value is -1.23. The molecule has 1 fully saturated rings.